The number of methoxy groups -OCH3 is 2. The first kappa shape index (κ1) is 22.5. The van der Waals surface area contributed by atoms with Gasteiger partial charge in [0.1, 0.15) is 4.75 Å². The average molecular weight is 482 g/mol. The Morgan fingerprint density at radius 1 is 1.06 bits per heavy atom. The number of benzene rings is 2. The Kier molecular flexibility index (Phi) is 5.20. The molecule has 178 valence electrons. The van der Waals surface area contributed by atoms with Gasteiger partial charge in [-0.25, -0.2) is 13.4 Å². The second-order valence-electron chi connectivity index (χ2n) is 9.01. The lowest BCUT2D eigenvalue weighted by atomic mass is 9.93. The third kappa shape index (κ3) is 3.37. The van der Waals surface area contributed by atoms with Crippen molar-refractivity contribution in [3.05, 3.63) is 58.8 Å². The van der Waals surface area contributed by atoms with E-state index in [0.717, 1.165) is 28.8 Å². The van der Waals surface area contributed by atoms with Crippen LogP contribution in [0.3, 0.4) is 0 Å². The van der Waals surface area contributed by atoms with Crippen molar-refractivity contribution >= 4 is 33.2 Å². The average Bonchev–Trinajstić information content (AvgIpc) is 2.92. The molecular formula is C25H27N3O5S. The normalized spacial score (nSPS) is 19.8. The molecule has 0 bridgehead atoms. The molecule has 0 saturated carbocycles. The van der Waals surface area contributed by atoms with Crippen LogP contribution in [0.15, 0.2) is 47.2 Å². The number of nitrogens with zero attached hydrogens (tertiary/aromatic N) is 3. The maximum Gasteiger partial charge on any atom is 0.243 e. The van der Waals surface area contributed by atoms with E-state index >= 15 is 0 Å². The molecule has 3 heterocycles. The van der Waals surface area contributed by atoms with Crippen LogP contribution in [0.4, 0.5) is 5.69 Å². The van der Waals surface area contributed by atoms with E-state index in [1.54, 1.807) is 14.2 Å². The van der Waals surface area contributed by atoms with Crippen LogP contribution >= 0.6 is 0 Å². The number of hydrazone groups is 1. The van der Waals surface area contributed by atoms with Crippen LogP contribution in [0.25, 0.3) is 6.08 Å². The van der Waals surface area contributed by atoms with Crippen molar-refractivity contribution in [1.29, 1.82) is 0 Å². The first-order chi connectivity index (χ1) is 16.2. The molecule has 0 atom stereocenters. The number of hydrogen-bond donors (Lipinski definition) is 0. The zero-order valence-electron chi connectivity index (χ0n) is 19.7. The van der Waals surface area contributed by atoms with Crippen molar-refractivity contribution in [2.45, 2.75) is 25.0 Å². The number of anilines is 1. The quantitative estimate of drug-likeness (QED) is 0.667. The molecule has 2 aromatic carbocycles. The molecule has 0 aromatic heterocycles. The molecule has 2 fully saturated rings. The van der Waals surface area contributed by atoms with Gasteiger partial charge in [0, 0.05) is 42.5 Å². The fourth-order valence-corrected chi connectivity index (χ4v) is 6.66. The number of amides is 1. The van der Waals surface area contributed by atoms with Crippen LogP contribution < -0.4 is 14.4 Å². The van der Waals surface area contributed by atoms with E-state index in [2.05, 4.69) is 4.90 Å². The van der Waals surface area contributed by atoms with Gasteiger partial charge in [0.15, 0.2) is 21.3 Å². The standard InChI is InChI=1S/C25H27N3O5S/c1-16-11-19-12-22(32-3)23(33-4)13-21(19)24(26-28(16)17(2)29)18-5-7-20(8-6-18)27-14-25(15-27)9-10-34(25,30)31/h5-8,11-13H,9-10,14-15H2,1-4H3. The van der Waals surface area contributed by atoms with Gasteiger partial charge in [-0.2, -0.15) is 5.10 Å². The summed E-state index contributed by atoms with van der Waals surface area (Å²) >= 11 is 0. The fourth-order valence-electron chi connectivity index (χ4n) is 4.84. The second-order valence-corrected chi connectivity index (χ2v) is 11.5. The van der Waals surface area contributed by atoms with E-state index < -0.39 is 14.6 Å². The van der Waals surface area contributed by atoms with Gasteiger partial charge in [0.2, 0.25) is 5.91 Å². The summed E-state index contributed by atoms with van der Waals surface area (Å²) in [5, 5.41) is 6.11. The van der Waals surface area contributed by atoms with Crippen molar-refractivity contribution in [2.75, 3.05) is 38.0 Å². The van der Waals surface area contributed by atoms with Crippen LogP contribution in [0.5, 0.6) is 11.5 Å². The molecule has 0 radical (unpaired) electrons. The van der Waals surface area contributed by atoms with Gasteiger partial charge in [-0.05, 0) is 49.2 Å². The van der Waals surface area contributed by atoms with Crippen LogP contribution in [0, 0.1) is 0 Å². The third-order valence-corrected chi connectivity index (χ3v) is 9.48. The molecule has 1 amide bonds. The Bertz CT molecular complexity index is 1340. The molecule has 0 N–H and O–H groups in total. The van der Waals surface area contributed by atoms with Gasteiger partial charge in [0.05, 0.1) is 25.7 Å². The number of fused-ring (bicyclic) bond motifs is 1. The number of carbonyl (C=O) groups excluding carboxylic acids is 1. The highest BCUT2D eigenvalue weighted by Crippen LogP contribution is 2.44. The van der Waals surface area contributed by atoms with Crippen LogP contribution in [-0.4, -0.2) is 62.9 Å². The molecule has 8 nitrogen and oxygen atoms in total. The number of hydrogen-bond acceptors (Lipinski definition) is 7. The number of sulfone groups is 1. The molecule has 2 aromatic rings. The topological polar surface area (TPSA) is 88.5 Å². The predicted octanol–water partition coefficient (Wildman–Crippen LogP) is 3.06. The second kappa shape index (κ2) is 7.87. The summed E-state index contributed by atoms with van der Waals surface area (Å²) in [7, 11) is 0.219. The Morgan fingerprint density at radius 2 is 1.71 bits per heavy atom. The molecule has 5 rings (SSSR count). The highest BCUT2D eigenvalue weighted by Gasteiger charge is 2.59. The lowest BCUT2D eigenvalue weighted by Crippen LogP contribution is -2.72. The molecule has 3 aliphatic rings. The summed E-state index contributed by atoms with van der Waals surface area (Å²) in [5.74, 6) is 1.27. The smallest absolute Gasteiger partial charge is 0.243 e. The largest absolute Gasteiger partial charge is 0.493 e. The minimum atomic E-state index is -2.95. The van der Waals surface area contributed by atoms with Gasteiger partial charge >= 0.3 is 0 Å². The maximum absolute atomic E-state index is 12.3. The minimum Gasteiger partial charge on any atom is -0.493 e. The van der Waals surface area contributed by atoms with Gasteiger partial charge in [-0.3, -0.25) is 4.79 Å². The molecule has 9 heteroatoms. The fraction of sp³-hybridized carbons (Fsp3) is 0.360. The lowest BCUT2D eigenvalue weighted by molar-refractivity contribution is -0.126. The van der Waals surface area contributed by atoms with Crippen LogP contribution in [0.2, 0.25) is 0 Å². The summed E-state index contributed by atoms with van der Waals surface area (Å²) in [6.07, 6.45) is 2.65. The van der Waals surface area contributed by atoms with Crippen molar-refractivity contribution in [1.82, 2.24) is 5.01 Å². The zero-order valence-corrected chi connectivity index (χ0v) is 20.5. The Labute approximate surface area is 199 Å². The first-order valence-corrected chi connectivity index (χ1v) is 12.7. The van der Waals surface area contributed by atoms with E-state index in [4.69, 9.17) is 14.6 Å². The molecular weight excluding hydrogens is 454 g/mol. The van der Waals surface area contributed by atoms with E-state index in [9.17, 15) is 13.2 Å². The monoisotopic (exact) mass is 481 g/mol. The molecule has 0 unspecified atom stereocenters. The van der Waals surface area contributed by atoms with Crippen molar-refractivity contribution in [3.8, 4) is 11.5 Å². The highest BCUT2D eigenvalue weighted by molar-refractivity contribution is 7.94. The summed E-state index contributed by atoms with van der Waals surface area (Å²) < 4.78 is 34.7. The summed E-state index contributed by atoms with van der Waals surface area (Å²) in [6.45, 7) is 4.39. The molecule has 34 heavy (non-hydrogen) atoms. The van der Waals surface area contributed by atoms with E-state index in [0.29, 0.717) is 41.8 Å². The van der Waals surface area contributed by atoms with Gasteiger partial charge in [-0.15, -0.1) is 0 Å². The number of rotatable bonds is 4. The molecule has 3 aliphatic heterocycles. The first-order valence-electron chi connectivity index (χ1n) is 11.1. The maximum atomic E-state index is 12.3. The Balaban J connectivity index is 1.52. The van der Waals surface area contributed by atoms with Crippen molar-refractivity contribution < 1.29 is 22.7 Å². The number of ether oxygens (including phenoxy) is 2. The SMILES string of the molecule is COc1cc2c(cc1OC)C(c1ccc(N3CC4(CCS4(=O)=O)C3)cc1)=NN(C(C)=O)C(C)=C2. The lowest BCUT2D eigenvalue weighted by Gasteiger charge is -2.55. The summed E-state index contributed by atoms with van der Waals surface area (Å²) in [4.78, 5) is 14.4. The van der Waals surface area contributed by atoms with Crippen LogP contribution in [-0.2, 0) is 14.6 Å². The van der Waals surface area contributed by atoms with Crippen molar-refractivity contribution in [3.63, 3.8) is 0 Å². The van der Waals surface area contributed by atoms with E-state index in [-0.39, 0.29) is 5.91 Å². The van der Waals surface area contributed by atoms with E-state index in [1.807, 2.05) is 49.4 Å². The Hall–Kier alpha value is -3.33. The summed E-state index contributed by atoms with van der Waals surface area (Å²) in [5.41, 5.74) is 4.81. The van der Waals surface area contributed by atoms with Gasteiger partial charge in [-0.1, -0.05) is 12.1 Å². The number of carbonyl (C=O) groups is 1. The highest BCUT2D eigenvalue weighted by atomic mass is 32.2. The number of allylic oxidation sites excluding steroid dienone is 1. The molecule has 2 saturated heterocycles. The van der Waals surface area contributed by atoms with Gasteiger partial charge in [0.25, 0.3) is 0 Å². The zero-order chi connectivity index (χ0) is 24.3. The minimum absolute atomic E-state index is 0.192. The van der Waals surface area contributed by atoms with Crippen molar-refractivity contribution in [2.24, 2.45) is 5.10 Å². The third-order valence-electron chi connectivity index (χ3n) is 6.96. The summed E-state index contributed by atoms with van der Waals surface area (Å²) in [6, 6.07) is 11.6. The predicted molar refractivity (Wildman–Crippen MR) is 131 cm³/mol. The molecule has 1 spiro atoms. The molecule has 0 aliphatic carbocycles. The van der Waals surface area contributed by atoms with E-state index in [1.165, 1.54) is 11.9 Å². The van der Waals surface area contributed by atoms with Crippen LogP contribution in [0.1, 0.15) is 37.0 Å². The van der Waals surface area contributed by atoms with Gasteiger partial charge < -0.3 is 14.4 Å². The Morgan fingerprint density at radius 3 is 2.24 bits per heavy atom.